The molecule has 3 saturated heterocycles. The van der Waals surface area contributed by atoms with Gasteiger partial charge in [0.15, 0.2) is 0 Å². The predicted octanol–water partition coefficient (Wildman–Crippen LogP) is 3.57. The van der Waals surface area contributed by atoms with Gasteiger partial charge in [0.25, 0.3) is 0 Å². The SMILES string of the molecule is CC1CC(C)C(N2CCCCC2)N(N2CCCCC2C)C1. The van der Waals surface area contributed by atoms with Crippen LogP contribution in [-0.2, 0) is 0 Å². The average Bonchev–Trinajstić information content (AvgIpc) is 2.48. The third-order valence-corrected chi connectivity index (χ3v) is 5.95. The first-order chi connectivity index (χ1) is 10.2. The second-order valence-electron chi connectivity index (χ2n) is 7.96. The summed E-state index contributed by atoms with van der Waals surface area (Å²) >= 11 is 0. The quantitative estimate of drug-likeness (QED) is 0.770. The minimum atomic E-state index is 0.669. The largest absolute Gasteiger partial charge is 0.287 e. The normalized spacial score (nSPS) is 41.3. The van der Waals surface area contributed by atoms with Crippen molar-refractivity contribution in [1.29, 1.82) is 0 Å². The third kappa shape index (κ3) is 3.46. The van der Waals surface area contributed by atoms with Crippen LogP contribution in [0.5, 0.6) is 0 Å². The fourth-order valence-corrected chi connectivity index (χ4v) is 5.00. The van der Waals surface area contributed by atoms with Gasteiger partial charge in [0.1, 0.15) is 0 Å². The van der Waals surface area contributed by atoms with Crippen molar-refractivity contribution in [2.75, 3.05) is 26.2 Å². The van der Waals surface area contributed by atoms with Crippen molar-refractivity contribution in [3.8, 4) is 0 Å². The number of likely N-dealkylation sites (tertiary alicyclic amines) is 1. The van der Waals surface area contributed by atoms with Crippen LogP contribution in [0.15, 0.2) is 0 Å². The molecular formula is C18H35N3. The molecular weight excluding hydrogens is 258 g/mol. The summed E-state index contributed by atoms with van der Waals surface area (Å²) in [5.41, 5.74) is 0. The van der Waals surface area contributed by atoms with Crippen molar-refractivity contribution in [3.63, 3.8) is 0 Å². The molecule has 0 spiro atoms. The van der Waals surface area contributed by atoms with Crippen molar-refractivity contribution in [2.45, 2.75) is 77.9 Å². The van der Waals surface area contributed by atoms with Gasteiger partial charge < -0.3 is 0 Å². The molecule has 4 unspecified atom stereocenters. The molecule has 122 valence electrons. The van der Waals surface area contributed by atoms with Gasteiger partial charge in [0.2, 0.25) is 0 Å². The van der Waals surface area contributed by atoms with Crippen LogP contribution in [0.3, 0.4) is 0 Å². The highest BCUT2D eigenvalue weighted by Crippen LogP contribution is 2.34. The standard InChI is InChI=1S/C18H35N3/c1-15-13-16(2)18(19-10-6-4-7-11-19)21(14-15)20-12-8-5-9-17(20)3/h15-18H,4-14H2,1-3H3. The van der Waals surface area contributed by atoms with Gasteiger partial charge in [-0.05, 0) is 64.0 Å². The summed E-state index contributed by atoms with van der Waals surface area (Å²) in [5.74, 6) is 1.65. The summed E-state index contributed by atoms with van der Waals surface area (Å²) in [7, 11) is 0. The van der Waals surface area contributed by atoms with Crippen molar-refractivity contribution in [3.05, 3.63) is 0 Å². The number of piperidine rings is 3. The molecule has 0 saturated carbocycles. The maximum Gasteiger partial charge on any atom is 0.0786 e. The Morgan fingerprint density at radius 1 is 0.762 bits per heavy atom. The zero-order valence-electron chi connectivity index (χ0n) is 14.4. The van der Waals surface area contributed by atoms with Crippen LogP contribution in [0.2, 0.25) is 0 Å². The summed E-state index contributed by atoms with van der Waals surface area (Å²) in [5, 5.41) is 5.54. The molecule has 3 aliphatic rings. The van der Waals surface area contributed by atoms with Crippen LogP contribution in [0.4, 0.5) is 0 Å². The summed E-state index contributed by atoms with van der Waals surface area (Å²) in [6.07, 6.45) is 10.5. The van der Waals surface area contributed by atoms with Crippen LogP contribution in [0.1, 0.15) is 65.7 Å². The first-order valence-electron chi connectivity index (χ1n) is 9.44. The van der Waals surface area contributed by atoms with E-state index in [0.717, 1.165) is 17.9 Å². The Morgan fingerprint density at radius 3 is 2.19 bits per heavy atom. The Kier molecular flexibility index (Phi) is 5.23. The number of nitrogens with zero attached hydrogens (tertiary/aromatic N) is 3. The second-order valence-corrected chi connectivity index (χ2v) is 7.96. The Labute approximate surface area is 131 Å². The van der Waals surface area contributed by atoms with E-state index in [1.807, 2.05) is 0 Å². The van der Waals surface area contributed by atoms with E-state index in [0.29, 0.717) is 6.17 Å². The monoisotopic (exact) mass is 293 g/mol. The Bertz CT molecular complexity index is 326. The first kappa shape index (κ1) is 15.8. The molecule has 0 aromatic rings. The van der Waals surface area contributed by atoms with E-state index >= 15 is 0 Å². The van der Waals surface area contributed by atoms with E-state index in [4.69, 9.17) is 0 Å². The molecule has 0 aromatic heterocycles. The second kappa shape index (κ2) is 6.97. The van der Waals surface area contributed by atoms with Crippen molar-refractivity contribution in [2.24, 2.45) is 11.8 Å². The van der Waals surface area contributed by atoms with Gasteiger partial charge >= 0.3 is 0 Å². The van der Waals surface area contributed by atoms with Crippen LogP contribution >= 0.6 is 0 Å². The number of hydrogen-bond acceptors (Lipinski definition) is 3. The average molecular weight is 293 g/mol. The molecule has 3 heteroatoms. The molecule has 3 nitrogen and oxygen atoms in total. The summed E-state index contributed by atoms with van der Waals surface area (Å²) in [6.45, 7) is 12.6. The molecule has 0 radical (unpaired) electrons. The van der Waals surface area contributed by atoms with Crippen LogP contribution in [-0.4, -0.2) is 53.3 Å². The van der Waals surface area contributed by atoms with Crippen LogP contribution in [0.25, 0.3) is 0 Å². The molecule has 0 N–H and O–H groups in total. The molecule has 0 aliphatic carbocycles. The lowest BCUT2D eigenvalue weighted by atomic mass is 9.88. The zero-order valence-corrected chi connectivity index (χ0v) is 14.4. The highest BCUT2D eigenvalue weighted by atomic mass is 15.7. The highest BCUT2D eigenvalue weighted by Gasteiger charge is 2.40. The highest BCUT2D eigenvalue weighted by molar-refractivity contribution is 4.87. The molecule has 3 rings (SSSR count). The molecule has 21 heavy (non-hydrogen) atoms. The van der Waals surface area contributed by atoms with Gasteiger partial charge in [-0.15, -0.1) is 0 Å². The fourth-order valence-electron chi connectivity index (χ4n) is 5.00. The summed E-state index contributed by atoms with van der Waals surface area (Å²) < 4.78 is 0. The predicted molar refractivity (Wildman–Crippen MR) is 88.9 cm³/mol. The van der Waals surface area contributed by atoms with E-state index < -0.39 is 0 Å². The molecule has 0 aromatic carbocycles. The van der Waals surface area contributed by atoms with Crippen LogP contribution in [0, 0.1) is 11.8 Å². The van der Waals surface area contributed by atoms with Crippen molar-refractivity contribution < 1.29 is 0 Å². The minimum absolute atomic E-state index is 0.669. The smallest absolute Gasteiger partial charge is 0.0786 e. The van der Waals surface area contributed by atoms with E-state index in [1.165, 1.54) is 71.1 Å². The van der Waals surface area contributed by atoms with E-state index in [-0.39, 0.29) is 0 Å². The summed E-state index contributed by atoms with van der Waals surface area (Å²) in [6, 6.07) is 0.739. The molecule has 3 fully saturated rings. The maximum absolute atomic E-state index is 2.81. The van der Waals surface area contributed by atoms with Gasteiger partial charge in [0, 0.05) is 19.1 Å². The van der Waals surface area contributed by atoms with Gasteiger partial charge in [-0.3, -0.25) is 4.90 Å². The lowest BCUT2D eigenvalue weighted by molar-refractivity contribution is -0.186. The Balaban J connectivity index is 1.78. The van der Waals surface area contributed by atoms with Crippen LogP contribution < -0.4 is 0 Å². The van der Waals surface area contributed by atoms with Gasteiger partial charge in [-0.2, -0.15) is 0 Å². The molecule has 3 aliphatic heterocycles. The van der Waals surface area contributed by atoms with Gasteiger partial charge in [-0.1, -0.05) is 26.7 Å². The Hall–Kier alpha value is -0.120. The van der Waals surface area contributed by atoms with Crippen molar-refractivity contribution >= 4 is 0 Å². The van der Waals surface area contributed by atoms with E-state index in [9.17, 15) is 0 Å². The number of hydrazine groups is 1. The van der Waals surface area contributed by atoms with E-state index in [1.54, 1.807) is 0 Å². The Morgan fingerprint density at radius 2 is 1.48 bits per heavy atom. The third-order valence-electron chi connectivity index (χ3n) is 5.95. The fraction of sp³-hybridized carbons (Fsp3) is 1.00. The number of hydrogen-bond donors (Lipinski definition) is 0. The zero-order chi connectivity index (χ0) is 14.8. The lowest BCUT2D eigenvalue weighted by Crippen LogP contribution is -2.65. The molecule has 0 amide bonds. The topological polar surface area (TPSA) is 9.72 Å². The minimum Gasteiger partial charge on any atom is -0.287 e. The molecule has 0 bridgehead atoms. The van der Waals surface area contributed by atoms with Gasteiger partial charge in [-0.25, -0.2) is 10.0 Å². The van der Waals surface area contributed by atoms with E-state index in [2.05, 4.69) is 35.7 Å². The molecule has 3 heterocycles. The first-order valence-corrected chi connectivity index (χ1v) is 9.44. The summed E-state index contributed by atoms with van der Waals surface area (Å²) in [4.78, 5) is 2.81. The van der Waals surface area contributed by atoms with Gasteiger partial charge in [0.05, 0.1) is 6.17 Å². The number of rotatable bonds is 2. The maximum atomic E-state index is 2.81. The van der Waals surface area contributed by atoms with Crippen molar-refractivity contribution in [1.82, 2.24) is 14.9 Å². The lowest BCUT2D eigenvalue weighted by Gasteiger charge is -2.55. The molecule has 4 atom stereocenters.